The average molecular weight is 392 g/mol. The van der Waals surface area contributed by atoms with Gasteiger partial charge in [0.1, 0.15) is 5.82 Å². The fourth-order valence-electron chi connectivity index (χ4n) is 4.89. The fraction of sp³-hybridized carbons (Fsp3) is 0.565. The smallest absolute Gasteiger partial charge is 0.229 e. The Morgan fingerprint density at radius 2 is 1.93 bits per heavy atom. The number of anilines is 1. The predicted octanol–water partition coefficient (Wildman–Crippen LogP) is 3.46. The van der Waals surface area contributed by atoms with Gasteiger partial charge in [-0.05, 0) is 63.5 Å². The largest absolute Gasteiger partial charge is 0.355 e. The Hall–Kier alpha value is -2.50. The number of hydrogen-bond donors (Lipinski definition) is 0. The summed E-state index contributed by atoms with van der Waals surface area (Å²) < 4.78 is 0. The molecule has 3 fully saturated rings. The Labute approximate surface area is 172 Å². The number of carbonyl (C=O) groups is 1. The highest BCUT2D eigenvalue weighted by Crippen LogP contribution is 2.62. The van der Waals surface area contributed by atoms with Crippen molar-refractivity contribution in [1.82, 2.24) is 19.9 Å². The summed E-state index contributed by atoms with van der Waals surface area (Å²) >= 11 is 0. The molecule has 0 radical (unpaired) electrons. The van der Waals surface area contributed by atoms with Gasteiger partial charge in [-0.2, -0.15) is 0 Å². The van der Waals surface area contributed by atoms with E-state index < -0.39 is 0 Å². The van der Waals surface area contributed by atoms with Crippen LogP contribution in [0.2, 0.25) is 0 Å². The fourth-order valence-corrected chi connectivity index (χ4v) is 4.89. The van der Waals surface area contributed by atoms with Gasteiger partial charge < -0.3 is 9.80 Å². The van der Waals surface area contributed by atoms with Crippen LogP contribution < -0.4 is 4.90 Å². The normalized spacial score (nSPS) is 23.0. The van der Waals surface area contributed by atoms with Gasteiger partial charge in [-0.25, -0.2) is 9.97 Å². The molecular weight excluding hydrogens is 362 g/mol. The number of likely N-dealkylation sites (N-methyl/N-ethyl adjacent to an activating group) is 1. The van der Waals surface area contributed by atoms with Gasteiger partial charge in [0.25, 0.3) is 0 Å². The number of rotatable bonds is 5. The van der Waals surface area contributed by atoms with Crippen molar-refractivity contribution in [1.29, 1.82) is 0 Å². The highest BCUT2D eigenvalue weighted by molar-refractivity contribution is 5.86. The third-order valence-corrected chi connectivity index (χ3v) is 6.95. The van der Waals surface area contributed by atoms with Crippen LogP contribution in [0.25, 0.3) is 11.4 Å². The van der Waals surface area contributed by atoms with E-state index in [-0.39, 0.29) is 5.41 Å². The Balaban J connectivity index is 1.34. The topological polar surface area (TPSA) is 62.2 Å². The van der Waals surface area contributed by atoms with Crippen molar-refractivity contribution < 1.29 is 4.79 Å². The minimum atomic E-state index is 0.0144. The van der Waals surface area contributed by atoms with E-state index in [1.54, 1.807) is 12.4 Å². The van der Waals surface area contributed by atoms with Gasteiger partial charge >= 0.3 is 0 Å². The molecule has 0 bridgehead atoms. The van der Waals surface area contributed by atoms with Gasteiger partial charge in [0.2, 0.25) is 5.91 Å². The van der Waals surface area contributed by atoms with E-state index in [0.29, 0.717) is 17.9 Å². The van der Waals surface area contributed by atoms with Crippen LogP contribution in [0, 0.1) is 18.3 Å². The predicted molar refractivity (Wildman–Crippen MR) is 112 cm³/mol. The molecule has 6 nitrogen and oxygen atoms in total. The zero-order chi connectivity index (χ0) is 20.0. The molecule has 1 saturated heterocycles. The summed E-state index contributed by atoms with van der Waals surface area (Å²) in [6, 6.07) is 6.21. The summed E-state index contributed by atoms with van der Waals surface area (Å²) in [6.45, 7) is 3.72. The molecule has 2 saturated carbocycles. The van der Waals surface area contributed by atoms with Gasteiger partial charge in [-0.3, -0.25) is 9.78 Å². The lowest BCUT2D eigenvalue weighted by atomic mass is 9.96. The first-order valence-electron chi connectivity index (χ1n) is 10.9. The Morgan fingerprint density at radius 3 is 2.62 bits per heavy atom. The number of carbonyl (C=O) groups excluding carboxylic acids is 1. The van der Waals surface area contributed by atoms with E-state index in [0.717, 1.165) is 61.7 Å². The maximum absolute atomic E-state index is 13.2. The SMILES string of the molecule is Cc1cc(N(C)C2CCCN(C(=O)C3(C4CC4)CC3)C2)nc(-c2ccncc2)n1. The number of aryl methyl sites for hydroxylation is 1. The second kappa shape index (κ2) is 7.08. The Kier molecular flexibility index (Phi) is 4.52. The van der Waals surface area contributed by atoms with Crippen LogP contribution in [0.5, 0.6) is 0 Å². The van der Waals surface area contributed by atoms with Gasteiger partial charge in [0.15, 0.2) is 5.82 Å². The van der Waals surface area contributed by atoms with Crippen molar-refractivity contribution in [3.8, 4) is 11.4 Å². The number of hydrogen-bond acceptors (Lipinski definition) is 5. The maximum Gasteiger partial charge on any atom is 0.229 e. The first-order valence-corrected chi connectivity index (χ1v) is 10.9. The lowest BCUT2D eigenvalue weighted by Crippen LogP contribution is -2.51. The summed E-state index contributed by atoms with van der Waals surface area (Å²) in [5, 5.41) is 0. The lowest BCUT2D eigenvalue weighted by molar-refractivity contribution is -0.139. The minimum Gasteiger partial charge on any atom is -0.355 e. The standard InChI is InChI=1S/C23H29N5O/c1-16-14-20(26-21(25-16)17-7-11-24-12-8-17)27(2)19-4-3-13-28(15-19)22(29)23(9-10-23)18-5-6-18/h7-8,11-12,14,18-19H,3-6,9-10,13,15H2,1-2H3. The van der Waals surface area contributed by atoms with Gasteiger partial charge in [0.05, 0.1) is 5.41 Å². The Bertz CT molecular complexity index is 907. The second-order valence-corrected chi connectivity index (χ2v) is 9.02. The quantitative estimate of drug-likeness (QED) is 0.781. The molecule has 2 aromatic heterocycles. The maximum atomic E-state index is 13.2. The van der Waals surface area contributed by atoms with E-state index >= 15 is 0 Å². The molecule has 1 atom stereocenters. The van der Waals surface area contributed by atoms with E-state index in [9.17, 15) is 4.79 Å². The summed E-state index contributed by atoms with van der Waals surface area (Å²) in [6.07, 6.45) is 10.4. The second-order valence-electron chi connectivity index (χ2n) is 9.02. The molecule has 3 heterocycles. The van der Waals surface area contributed by atoms with E-state index in [4.69, 9.17) is 4.98 Å². The monoisotopic (exact) mass is 391 g/mol. The third kappa shape index (κ3) is 3.49. The van der Waals surface area contributed by atoms with Crippen LogP contribution in [0.15, 0.2) is 30.6 Å². The Morgan fingerprint density at radius 1 is 1.17 bits per heavy atom. The molecular formula is C23H29N5O. The number of piperidine rings is 1. The van der Waals surface area contributed by atoms with Crippen LogP contribution in [0.4, 0.5) is 5.82 Å². The van der Waals surface area contributed by atoms with Crippen molar-refractivity contribution >= 4 is 11.7 Å². The van der Waals surface area contributed by atoms with Gasteiger partial charge in [-0.1, -0.05) is 0 Å². The van der Waals surface area contributed by atoms with E-state index in [2.05, 4.69) is 26.8 Å². The van der Waals surface area contributed by atoms with Gasteiger partial charge in [-0.15, -0.1) is 0 Å². The molecule has 0 aromatic carbocycles. The summed E-state index contributed by atoms with van der Waals surface area (Å²) in [4.78, 5) is 31.2. The van der Waals surface area contributed by atoms with E-state index in [1.807, 2.05) is 25.1 Å². The zero-order valence-corrected chi connectivity index (χ0v) is 17.3. The molecule has 0 N–H and O–H groups in total. The van der Waals surface area contributed by atoms with Crippen LogP contribution in [0.3, 0.4) is 0 Å². The van der Waals surface area contributed by atoms with Crippen molar-refractivity contribution in [2.24, 2.45) is 11.3 Å². The first-order chi connectivity index (χ1) is 14.1. The van der Waals surface area contributed by atoms with Crippen molar-refractivity contribution in [2.75, 3.05) is 25.0 Å². The summed E-state index contributed by atoms with van der Waals surface area (Å²) in [5.74, 6) is 2.74. The number of pyridine rings is 1. The number of likely N-dealkylation sites (tertiary alicyclic amines) is 1. The van der Waals surface area contributed by atoms with Crippen molar-refractivity contribution in [3.05, 3.63) is 36.3 Å². The molecule has 2 aliphatic carbocycles. The molecule has 1 aliphatic heterocycles. The zero-order valence-electron chi connectivity index (χ0n) is 17.3. The van der Waals surface area contributed by atoms with Crippen molar-refractivity contribution in [2.45, 2.75) is 51.5 Å². The summed E-state index contributed by atoms with van der Waals surface area (Å²) in [7, 11) is 2.10. The molecule has 3 aliphatic rings. The number of aromatic nitrogens is 3. The molecule has 2 aromatic rings. The van der Waals surface area contributed by atoms with Crippen LogP contribution in [-0.2, 0) is 4.79 Å². The number of amides is 1. The number of nitrogens with zero attached hydrogens (tertiary/aromatic N) is 5. The average Bonchev–Trinajstić information content (AvgIpc) is 3.65. The minimum absolute atomic E-state index is 0.0144. The third-order valence-electron chi connectivity index (χ3n) is 6.95. The molecule has 1 unspecified atom stereocenters. The first kappa shape index (κ1) is 18.5. The highest BCUT2D eigenvalue weighted by atomic mass is 16.2. The highest BCUT2D eigenvalue weighted by Gasteiger charge is 2.60. The summed E-state index contributed by atoms with van der Waals surface area (Å²) in [5.41, 5.74) is 1.93. The molecule has 0 spiro atoms. The van der Waals surface area contributed by atoms with Crippen LogP contribution in [-0.4, -0.2) is 51.9 Å². The molecule has 29 heavy (non-hydrogen) atoms. The lowest BCUT2D eigenvalue weighted by Gasteiger charge is -2.39. The molecule has 5 rings (SSSR count). The van der Waals surface area contributed by atoms with Crippen LogP contribution >= 0.6 is 0 Å². The van der Waals surface area contributed by atoms with Gasteiger partial charge in [0, 0.05) is 55.9 Å². The molecule has 6 heteroatoms. The van der Waals surface area contributed by atoms with E-state index in [1.165, 1.54) is 12.8 Å². The van der Waals surface area contributed by atoms with Crippen molar-refractivity contribution in [3.63, 3.8) is 0 Å². The molecule has 152 valence electrons. The van der Waals surface area contributed by atoms with Crippen LogP contribution in [0.1, 0.15) is 44.2 Å². The molecule has 1 amide bonds.